The Morgan fingerprint density at radius 3 is 3.18 bits per heavy atom. The largest absolute Gasteiger partial charge is 0.460 e. The second-order valence-corrected chi connectivity index (χ2v) is 2.56. The first-order chi connectivity index (χ1) is 5.38. The van der Waals surface area contributed by atoms with Gasteiger partial charge in [0.2, 0.25) is 0 Å². The summed E-state index contributed by atoms with van der Waals surface area (Å²) in [4.78, 5) is 10.1. The highest BCUT2D eigenvalue weighted by Crippen LogP contribution is 2.20. The smallest absolute Gasteiger partial charge is 0.293 e. The predicted molar refractivity (Wildman–Crippen MR) is 43.1 cm³/mol. The van der Waals surface area contributed by atoms with Gasteiger partial charge in [-0.25, -0.2) is 0 Å². The molecule has 0 aromatic carbocycles. The Bertz CT molecular complexity index is 182. The molecule has 1 atom stereocenters. The van der Waals surface area contributed by atoms with E-state index in [1.54, 1.807) is 6.08 Å². The molecule has 11 heavy (non-hydrogen) atoms. The summed E-state index contributed by atoms with van der Waals surface area (Å²) in [6.45, 7) is 4.16. The van der Waals surface area contributed by atoms with Gasteiger partial charge in [0.25, 0.3) is 6.47 Å². The van der Waals surface area contributed by atoms with E-state index in [0.29, 0.717) is 6.47 Å². The van der Waals surface area contributed by atoms with Crippen molar-refractivity contribution in [2.45, 2.75) is 25.4 Å². The SMILES string of the molecule is C=CC1=CCCCC1OC=O. The Kier molecular flexibility index (Phi) is 2.90. The predicted octanol–water partition coefficient (Wildman–Crippen LogP) is 1.82. The van der Waals surface area contributed by atoms with Crippen molar-refractivity contribution in [1.82, 2.24) is 0 Å². The van der Waals surface area contributed by atoms with Crippen LogP contribution in [-0.2, 0) is 9.53 Å². The van der Waals surface area contributed by atoms with Crippen molar-refractivity contribution in [1.29, 1.82) is 0 Å². The Morgan fingerprint density at radius 2 is 2.55 bits per heavy atom. The highest BCUT2D eigenvalue weighted by molar-refractivity contribution is 5.40. The van der Waals surface area contributed by atoms with Gasteiger partial charge in [-0.15, -0.1) is 0 Å². The van der Waals surface area contributed by atoms with Crippen LogP contribution in [0, 0.1) is 0 Å². The second kappa shape index (κ2) is 3.96. The van der Waals surface area contributed by atoms with Crippen molar-refractivity contribution in [2.75, 3.05) is 0 Å². The molecular weight excluding hydrogens is 140 g/mol. The van der Waals surface area contributed by atoms with Crippen LogP contribution in [0.2, 0.25) is 0 Å². The van der Waals surface area contributed by atoms with Gasteiger partial charge in [-0.2, -0.15) is 0 Å². The van der Waals surface area contributed by atoms with E-state index in [1.807, 2.05) is 0 Å². The lowest BCUT2D eigenvalue weighted by molar-refractivity contribution is -0.132. The molecule has 1 unspecified atom stereocenters. The maximum absolute atomic E-state index is 10.1. The minimum Gasteiger partial charge on any atom is -0.460 e. The molecule has 0 amide bonds. The molecule has 2 nitrogen and oxygen atoms in total. The fraction of sp³-hybridized carbons (Fsp3) is 0.444. The maximum atomic E-state index is 10.1. The molecule has 0 saturated carbocycles. The number of carbonyl (C=O) groups is 1. The molecule has 0 heterocycles. The van der Waals surface area contributed by atoms with Gasteiger partial charge >= 0.3 is 0 Å². The Balaban J connectivity index is 2.60. The van der Waals surface area contributed by atoms with Gasteiger partial charge in [-0.05, 0) is 24.8 Å². The lowest BCUT2D eigenvalue weighted by atomic mass is 9.96. The first-order valence-electron chi connectivity index (χ1n) is 3.80. The summed E-state index contributed by atoms with van der Waals surface area (Å²) in [5.41, 5.74) is 1.04. The fourth-order valence-corrected chi connectivity index (χ4v) is 1.30. The third-order valence-electron chi connectivity index (χ3n) is 1.88. The third kappa shape index (κ3) is 1.93. The number of hydrogen-bond donors (Lipinski definition) is 0. The summed E-state index contributed by atoms with van der Waals surface area (Å²) >= 11 is 0. The van der Waals surface area contributed by atoms with Crippen LogP contribution >= 0.6 is 0 Å². The lowest BCUT2D eigenvalue weighted by Gasteiger charge is -2.19. The molecule has 0 N–H and O–H groups in total. The van der Waals surface area contributed by atoms with Crippen LogP contribution in [0.15, 0.2) is 24.3 Å². The maximum Gasteiger partial charge on any atom is 0.293 e. The molecular formula is C9H12O2. The number of hydrogen-bond acceptors (Lipinski definition) is 2. The van der Waals surface area contributed by atoms with E-state index in [0.717, 1.165) is 24.8 Å². The van der Waals surface area contributed by atoms with Crippen LogP contribution in [0.25, 0.3) is 0 Å². The summed E-state index contributed by atoms with van der Waals surface area (Å²) in [7, 11) is 0. The first-order valence-corrected chi connectivity index (χ1v) is 3.80. The fourth-order valence-electron chi connectivity index (χ4n) is 1.30. The normalized spacial score (nSPS) is 23.6. The Labute approximate surface area is 66.5 Å². The molecule has 0 aliphatic heterocycles. The van der Waals surface area contributed by atoms with Crippen molar-refractivity contribution in [3.63, 3.8) is 0 Å². The molecule has 60 valence electrons. The molecule has 2 heteroatoms. The monoisotopic (exact) mass is 152 g/mol. The van der Waals surface area contributed by atoms with Crippen molar-refractivity contribution >= 4 is 6.47 Å². The van der Waals surface area contributed by atoms with Crippen molar-refractivity contribution in [2.24, 2.45) is 0 Å². The summed E-state index contributed by atoms with van der Waals surface area (Å²) in [6, 6.07) is 0. The summed E-state index contributed by atoms with van der Waals surface area (Å²) < 4.78 is 4.87. The molecule has 1 aliphatic rings. The summed E-state index contributed by atoms with van der Waals surface area (Å²) in [5, 5.41) is 0. The van der Waals surface area contributed by atoms with Gasteiger partial charge in [-0.3, -0.25) is 4.79 Å². The van der Waals surface area contributed by atoms with E-state index in [1.165, 1.54) is 0 Å². The Hall–Kier alpha value is -1.05. The molecule has 0 bridgehead atoms. The molecule has 0 aromatic heterocycles. The first kappa shape index (κ1) is 8.05. The van der Waals surface area contributed by atoms with Crippen molar-refractivity contribution in [3.8, 4) is 0 Å². The second-order valence-electron chi connectivity index (χ2n) is 2.56. The van der Waals surface area contributed by atoms with Crippen LogP contribution in [0.5, 0.6) is 0 Å². The molecule has 0 saturated heterocycles. The number of carbonyl (C=O) groups excluding carboxylic acids is 1. The third-order valence-corrected chi connectivity index (χ3v) is 1.88. The number of rotatable bonds is 3. The van der Waals surface area contributed by atoms with Gasteiger partial charge in [-0.1, -0.05) is 18.7 Å². The standard InChI is InChI=1S/C9H12O2/c1-2-8-5-3-4-6-9(8)11-7-10/h2,5,7,9H,1,3-4,6H2. The van der Waals surface area contributed by atoms with E-state index >= 15 is 0 Å². The summed E-state index contributed by atoms with van der Waals surface area (Å²) in [5.74, 6) is 0. The topological polar surface area (TPSA) is 26.3 Å². The van der Waals surface area contributed by atoms with Crippen LogP contribution in [0.3, 0.4) is 0 Å². The van der Waals surface area contributed by atoms with Crippen LogP contribution in [0.4, 0.5) is 0 Å². The Morgan fingerprint density at radius 1 is 1.73 bits per heavy atom. The van der Waals surface area contributed by atoms with E-state index in [-0.39, 0.29) is 6.10 Å². The number of ether oxygens (including phenoxy) is 1. The zero-order valence-electron chi connectivity index (χ0n) is 6.45. The van der Waals surface area contributed by atoms with Crippen LogP contribution < -0.4 is 0 Å². The molecule has 1 rings (SSSR count). The highest BCUT2D eigenvalue weighted by Gasteiger charge is 2.15. The zero-order chi connectivity index (χ0) is 8.10. The van der Waals surface area contributed by atoms with Gasteiger partial charge < -0.3 is 4.74 Å². The average molecular weight is 152 g/mol. The quantitative estimate of drug-likeness (QED) is 0.576. The van der Waals surface area contributed by atoms with Crippen LogP contribution in [0.1, 0.15) is 19.3 Å². The van der Waals surface area contributed by atoms with E-state index in [4.69, 9.17) is 4.74 Å². The van der Waals surface area contributed by atoms with Gasteiger partial charge in [0, 0.05) is 0 Å². The van der Waals surface area contributed by atoms with Gasteiger partial charge in [0.1, 0.15) is 6.10 Å². The lowest BCUT2D eigenvalue weighted by Crippen LogP contribution is -2.16. The summed E-state index contributed by atoms with van der Waals surface area (Å²) in [6.07, 6.45) is 6.88. The van der Waals surface area contributed by atoms with Gasteiger partial charge in [0.05, 0.1) is 0 Å². The van der Waals surface area contributed by atoms with Crippen molar-refractivity contribution < 1.29 is 9.53 Å². The van der Waals surface area contributed by atoms with Crippen molar-refractivity contribution in [3.05, 3.63) is 24.3 Å². The van der Waals surface area contributed by atoms with Gasteiger partial charge in [0.15, 0.2) is 0 Å². The molecule has 1 aliphatic carbocycles. The molecule has 0 spiro atoms. The average Bonchev–Trinajstić information content (AvgIpc) is 2.06. The minimum atomic E-state index is -0.0428. The number of allylic oxidation sites excluding steroid dienone is 1. The van der Waals surface area contributed by atoms with E-state index in [2.05, 4.69) is 12.7 Å². The zero-order valence-corrected chi connectivity index (χ0v) is 6.45. The van der Waals surface area contributed by atoms with E-state index in [9.17, 15) is 4.79 Å². The molecule has 0 aromatic rings. The minimum absolute atomic E-state index is 0.0428. The molecule has 0 radical (unpaired) electrons. The molecule has 0 fully saturated rings. The van der Waals surface area contributed by atoms with Crippen LogP contribution in [-0.4, -0.2) is 12.6 Å². The van der Waals surface area contributed by atoms with E-state index < -0.39 is 0 Å². The highest BCUT2D eigenvalue weighted by atomic mass is 16.5.